The first kappa shape index (κ1) is 11.3. The second-order valence-electron chi connectivity index (χ2n) is 5.72. The summed E-state index contributed by atoms with van der Waals surface area (Å²) in [6.07, 6.45) is -0.199. The molecule has 1 saturated carbocycles. The van der Waals surface area contributed by atoms with Gasteiger partial charge in [0.2, 0.25) is 0 Å². The normalized spacial score (nSPS) is 28.6. The van der Waals surface area contributed by atoms with Crippen LogP contribution in [0.1, 0.15) is 33.6 Å². The van der Waals surface area contributed by atoms with E-state index in [-0.39, 0.29) is 30.6 Å². The van der Waals surface area contributed by atoms with Crippen LogP contribution in [0.25, 0.3) is 0 Å². The summed E-state index contributed by atoms with van der Waals surface area (Å²) in [6, 6.07) is 0. The Morgan fingerprint density at radius 3 is 2.07 bits per heavy atom. The van der Waals surface area contributed by atoms with Gasteiger partial charge in [0, 0.05) is 31.5 Å². The fourth-order valence-corrected chi connectivity index (χ4v) is 2.05. The molecule has 1 aliphatic carbocycles. The van der Waals surface area contributed by atoms with Crippen molar-refractivity contribution in [2.24, 2.45) is 0 Å². The van der Waals surface area contributed by atoms with Crippen LogP contribution in [-0.4, -0.2) is 41.7 Å². The average molecular weight is 219 g/mol. The van der Waals surface area contributed by atoms with E-state index in [0.29, 0.717) is 0 Å². The Hall–Kier alpha value is -0.220. The number of rotatable bonds is 2. The van der Waals surface area contributed by atoms with Crippen LogP contribution in [-0.2, 0) is 4.74 Å². The summed E-state index contributed by atoms with van der Waals surface area (Å²) in [6.45, 7) is 8.22. The molecule has 0 N–H and O–H groups in total. The summed E-state index contributed by atoms with van der Waals surface area (Å²) in [7, 11) is 0. The zero-order chi connectivity index (χ0) is 11.3. The SMILES string of the molecule is CC(C)(C)N1CC(OC2CC(F)(F)C2)C1. The van der Waals surface area contributed by atoms with E-state index in [9.17, 15) is 8.78 Å². The second kappa shape index (κ2) is 3.39. The summed E-state index contributed by atoms with van der Waals surface area (Å²) >= 11 is 0. The third-order valence-electron chi connectivity index (χ3n) is 3.23. The number of likely N-dealkylation sites (tertiary alicyclic amines) is 1. The number of alkyl halides is 2. The lowest BCUT2D eigenvalue weighted by Gasteiger charge is -2.49. The monoisotopic (exact) mass is 219 g/mol. The van der Waals surface area contributed by atoms with Crippen molar-refractivity contribution in [3.63, 3.8) is 0 Å². The Labute approximate surface area is 89.6 Å². The van der Waals surface area contributed by atoms with Crippen LogP contribution in [0, 0.1) is 0 Å². The van der Waals surface area contributed by atoms with E-state index < -0.39 is 5.92 Å². The van der Waals surface area contributed by atoms with Gasteiger partial charge in [0.15, 0.2) is 0 Å². The molecule has 15 heavy (non-hydrogen) atoms. The lowest BCUT2D eigenvalue weighted by molar-refractivity contribution is -0.207. The third kappa shape index (κ3) is 2.48. The molecule has 2 nitrogen and oxygen atoms in total. The van der Waals surface area contributed by atoms with Gasteiger partial charge in [-0.2, -0.15) is 0 Å². The van der Waals surface area contributed by atoms with Crippen molar-refractivity contribution in [2.45, 2.75) is 57.3 Å². The molecule has 0 aromatic rings. The van der Waals surface area contributed by atoms with Crippen molar-refractivity contribution in [3.8, 4) is 0 Å². The van der Waals surface area contributed by atoms with Crippen molar-refractivity contribution in [3.05, 3.63) is 0 Å². The molecule has 0 spiro atoms. The zero-order valence-corrected chi connectivity index (χ0v) is 9.59. The van der Waals surface area contributed by atoms with Crippen LogP contribution >= 0.6 is 0 Å². The minimum atomic E-state index is -2.46. The van der Waals surface area contributed by atoms with Crippen molar-refractivity contribution in [1.82, 2.24) is 4.90 Å². The van der Waals surface area contributed by atoms with Gasteiger partial charge in [0.25, 0.3) is 5.92 Å². The van der Waals surface area contributed by atoms with Gasteiger partial charge in [0.1, 0.15) is 0 Å². The number of hydrogen-bond donors (Lipinski definition) is 0. The molecule has 2 fully saturated rings. The van der Waals surface area contributed by atoms with Gasteiger partial charge in [-0.3, -0.25) is 4.90 Å². The Kier molecular flexibility index (Phi) is 2.54. The van der Waals surface area contributed by atoms with Crippen LogP contribution < -0.4 is 0 Å². The van der Waals surface area contributed by atoms with E-state index >= 15 is 0 Å². The molecule has 4 heteroatoms. The molecule has 0 radical (unpaired) electrons. The van der Waals surface area contributed by atoms with Crippen molar-refractivity contribution in [2.75, 3.05) is 13.1 Å². The summed E-state index contributed by atoms with van der Waals surface area (Å²) in [5.41, 5.74) is 0.170. The van der Waals surface area contributed by atoms with E-state index in [0.717, 1.165) is 13.1 Å². The molecule has 0 atom stereocenters. The predicted octanol–water partition coefficient (Wildman–Crippen LogP) is 2.28. The van der Waals surface area contributed by atoms with Gasteiger partial charge in [-0.05, 0) is 20.8 Å². The third-order valence-corrected chi connectivity index (χ3v) is 3.23. The maximum atomic E-state index is 12.5. The molecule has 2 rings (SSSR count). The molecule has 1 saturated heterocycles. The van der Waals surface area contributed by atoms with E-state index in [2.05, 4.69) is 25.7 Å². The maximum absolute atomic E-state index is 12.5. The van der Waals surface area contributed by atoms with Gasteiger partial charge < -0.3 is 4.74 Å². The molecule has 0 aromatic carbocycles. The van der Waals surface area contributed by atoms with Crippen molar-refractivity contribution in [1.29, 1.82) is 0 Å². The minimum absolute atomic E-state index is 0.0843. The highest BCUT2D eigenvalue weighted by molar-refractivity contribution is 4.93. The van der Waals surface area contributed by atoms with E-state index in [4.69, 9.17) is 4.74 Å². The van der Waals surface area contributed by atoms with Gasteiger partial charge >= 0.3 is 0 Å². The number of halogens is 2. The molecule has 0 amide bonds. The van der Waals surface area contributed by atoms with Gasteiger partial charge in [-0.15, -0.1) is 0 Å². The quantitative estimate of drug-likeness (QED) is 0.706. The first-order valence-electron chi connectivity index (χ1n) is 5.55. The largest absolute Gasteiger partial charge is 0.372 e. The number of nitrogens with zero attached hydrogens (tertiary/aromatic N) is 1. The fraction of sp³-hybridized carbons (Fsp3) is 1.00. The first-order chi connectivity index (χ1) is 6.76. The lowest BCUT2D eigenvalue weighted by Crippen LogP contribution is -2.61. The average Bonchev–Trinajstić information content (AvgIpc) is 1.88. The lowest BCUT2D eigenvalue weighted by atomic mass is 9.90. The van der Waals surface area contributed by atoms with Crippen LogP contribution in [0.2, 0.25) is 0 Å². The predicted molar refractivity (Wildman–Crippen MR) is 54.2 cm³/mol. The standard InChI is InChI=1S/C11H19F2NO/c1-10(2,3)14-6-9(7-14)15-8-4-11(12,13)5-8/h8-9H,4-7H2,1-3H3. The second-order valence-corrected chi connectivity index (χ2v) is 5.72. The molecule has 0 unspecified atom stereocenters. The van der Waals surface area contributed by atoms with Gasteiger partial charge in [0.05, 0.1) is 12.2 Å². The summed E-state index contributed by atoms with van der Waals surface area (Å²) < 4.78 is 30.6. The van der Waals surface area contributed by atoms with E-state index in [1.54, 1.807) is 0 Å². The molecule has 2 aliphatic rings. The maximum Gasteiger partial charge on any atom is 0.253 e. The van der Waals surface area contributed by atoms with Crippen LogP contribution in [0.4, 0.5) is 8.78 Å². The molecule has 0 aromatic heterocycles. The topological polar surface area (TPSA) is 12.5 Å². The Balaban J connectivity index is 1.65. The fourth-order valence-electron chi connectivity index (χ4n) is 2.05. The summed E-state index contributed by atoms with van der Waals surface area (Å²) in [4.78, 5) is 2.30. The van der Waals surface area contributed by atoms with Crippen LogP contribution in [0.5, 0.6) is 0 Å². The highest BCUT2D eigenvalue weighted by Gasteiger charge is 2.48. The van der Waals surface area contributed by atoms with E-state index in [1.165, 1.54) is 0 Å². The number of hydrogen-bond acceptors (Lipinski definition) is 2. The molecule has 88 valence electrons. The van der Waals surface area contributed by atoms with Crippen LogP contribution in [0.15, 0.2) is 0 Å². The first-order valence-corrected chi connectivity index (χ1v) is 5.55. The highest BCUT2D eigenvalue weighted by atomic mass is 19.3. The molecule has 1 heterocycles. The molecule has 1 aliphatic heterocycles. The van der Waals surface area contributed by atoms with Crippen LogP contribution in [0.3, 0.4) is 0 Å². The van der Waals surface area contributed by atoms with Gasteiger partial charge in [-0.1, -0.05) is 0 Å². The Morgan fingerprint density at radius 2 is 1.67 bits per heavy atom. The van der Waals surface area contributed by atoms with Crippen molar-refractivity contribution >= 4 is 0 Å². The molecular formula is C11H19F2NO. The summed E-state index contributed by atoms with van der Waals surface area (Å²) in [5.74, 6) is -2.46. The minimum Gasteiger partial charge on any atom is -0.372 e. The summed E-state index contributed by atoms with van der Waals surface area (Å²) in [5, 5.41) is 0. The number of ether oxygens (including phenoxy) is 1. The van der Waals surface area contributed by atoms with Gasteiger partial charge in [-0.25, -0.2) is 8.78 Å². The van der Waals surface area contributed by atoms with E-state index in [1.807, 2.05) is 0 Å². The molecule has 0 bridgehead atoms. The molecular weight excluding hydrogens is 200 g/mol. The Bertz CT molecular complexity index is 235. The zero-order valence-electron chi connectivity index (χ0n) is 9.59. The smallest absolute Gasteiger partial charge is 0.253 e. The highest BCUT2D eigenvalue weighted by Crippen LogP contribution is 2.40. The van der Waals surface area contributed by atoms with Crippen molar-refractivity contribution < 1.29 is 13.5 Å². The Morgan fingerprint density at radius 1 is 1.13 bits per heavy atom.